The number of aromatic nitrogens is 2. The molecule has 3 N–H and O–H groups in total. The van der Waals surface area contributed by atoms with Gasteiger partial charge in [-0.2, -0.15) is 0 Å². The van der Waals surface area contributed by atoms with Crippen molar-refractivity contribution in [2.75, 3.05) is 39.4 Å². The highest BCUT2D eigenvalue weighted by atomic mass is 35.5. The van der Waals surface area contributed by atoms with Crippen LogP contribution in [0.15, 0.2) is 29.1 Å². The van der Waals surface area contributed by atoms with Crippen LogP contribution in [0.1, 0.15) is 31.5 Å². The van der Waals surface area contributed by atoms with E-state index in [0.29, 0.717) is 28.7 Å². The Bertz CT molecular complexity index is 1010. The molecule has 3 aliphatic rings. The minimum Gasteiger partial charge on any atom is -0.379 e. The summed E-state index contributed by atoms with van der Waals surface area (Å²) in [6.45, 7) is 5.54. The second-order valence-electron chi connectivity index (χ2n) is 9.11. The van der Waals surface area contributed by atoms with E-state index in [1.165, 1.54) is 0 Å². The fourth-order valence-corrected chi connectivity index (χ4v) is 5.73. The van der Waals surface area contributed by atoms with Crippen LogP contribution in [0.25, 0.3) is 10.9 Å². The number of piperidine rings is 1. The van der Waals surface area contributed by atoms with E-state index in [9.17, 15) is 9.59 Å². The first-order chi connectivity index (χ1) is 15.2. The first kappa shape index (κ1) is 25.9. The van der Waals surface area contributed by atoms with Crippen LogP contribution in [-0.2, 0) is 16.1 Å². The van der Waals surface area contributed by atoms with Crippen LogP contribution in [0.2, 0.25) is 0 Å². The standard InChI is InChI=1S/C23H31N5O3.2ClH/c29-21-18-3-1-2-4-19(18)26-20(27-21)14-25-22(30)23-7-5-17(28-9-11-31-12-10-28)13-16(23)6-8-24-15-23;;/h1-4,16-17,24H,5-15H2,(H,25,30)(H,26,27,29);2*1H/t16-,17+,23-;;/m1../s1. The molecule has 182 valence electrons. The number of amides is 1. The highest BCUT2D eigenvalue weighted by Gasteiger charge is 2.50. The topological polar surface area (TPSA) is 99.3 Å². The van der Waals surface area contributed by atoms with Gasteiger partial charge < -0.3 is 20.4 Å². The first-order valence-corrected chi connectivity index (χ1v) is 11.4. The van der Waals surface area contributed by atoms with E-state index in [2.05, 4.69) is 25.5 Å². The van der Waals surface area contributed by atoms with E-state index in [1.807, 2.05) is 18.2 Å². The zero-order valence-corrected chi connectivity index (χ0v) is 20.3. The summed E-state index contributed by atoms with van der Waals surface area (Å²) in [7, 11) is 0. The Balaban J connectivity index is 0.00000153. The molecular formula is C23H33Cl2N5O3. The third-order valence-corrected chi connectivity index (χ3v) is 7.46. The second kappa shape index (κ2) is 11.1. The predicted molar refractivity (Wildman–Crippen MR) is 132 cm³/mol. The van der Waals surface area contributed by atoms with E-state index >= 15 is 0 Å². The van der Waals surface area contributed by atoms with Gasteiger partial charge in [-0.15, -0.1) is 24.8 Å². The molecule has 2 aliphatic heterocycles. The van der Waals surface area contributed by atoms with Gasteiger partial charge in [0.25, 0.3) is 5.56 Å². The average molecular weight is 498 g/mol. The molecule has 3 heterocycles. The molecule has 0 radical (unpaired) electrons. The number of H-pyrrole nitrogens is 1. The Morgan fingerprint density at radius 2 is 2.00 bits per heavy atom. The zero-order chi connectivity index (χ0) is 21.3. The molecule has 3 atom stereocenters. The highest BCUT2D eigenvalue weighted by Crippen LogP contribution is 2.46. The van der Waals surface area contributed by atoms with Gasteiger partial charge in [-0.25, -0.2) is 4.98 Å². The number of aromatic amines is 1. The number of carbonyl (C=O) groups excluding carboxylic acids is 1. The zero-order valence-electron chi connectivity index (χ0n) is 18.7. The number of nitrogens with zero attached hydrogens (tertiary/aromatic N) is 2. The molecule has 5 rings (SSSR count). The minimum absolute atomic E-state index is 0. The maximum Gasteiger partial charge on any atom is 0.258 e. The van der Waals surface area contributed by atoms with E-state index in [-0.39, 0.29) is 48.2 Å². The number of rotatable bonds is 4. The molecule has 0 bridgehead atoms. The molecule has 8 nitrogen and oxygen atoms in total. The molecule has 1 aliphatic carbocycles. The molecule has 0 unspecified atom stereocenters. The summed E-state index contributed by atoms with van der Waals surface area (Å²) in [6.07, 6.45) is 4.02. The molecule has 10 heteroatoms. The van der Waals surface area contributed by atoms with E-state index in [1.54, 1.807) is 6.07 Å². The van der Waals surface area contributed by atoms with Gasteiger partial charge in [0.1, 0.15) is 5.82 Å². The van der Waals surface area contributed by atoms with Crippen LogP contribution in [0.4, 0.5) is 0 Å². The lowest BCUT2D eigenvalue weighted by Gasteiger charge is -2.50. The van der Waals surface area contributed by atoms with Crippen LogP contribution in [-0.4, -0.2) is 66.2 Å². The van der Waals surface area contributed by atoms with Gasteiger partial charge in [-0.3, -0.25) is 14.5 Å². The first-order valence-electron chi connectivity index (χ1n) is 11.4. The molecule has 33 heavy (non-hydrogen) atoms. The smallest absolute Gasteiger partial charge is 0.258 e. The maximum absolute atomic E-state index is 13.5. The number of nitrogens with one attached hydrogen (secondary N) is 3. The molecule has 2 aromatic rings. The van der Waals surface area contributed by atoms with Crippen molar-refractivity contribution < 1.29 is 9.53 Å². The van der Waals surface area contributed by atoms with Crippen molar-refractivity contribution in [3.8, 4) is 0 Å². The van der Waals surface area contributed by atoms with Gasteiger partial charge in [0.15, 0.2) is 0 Å². The number of halogens is 2. The Morgan fingerprint density at radius 1 is 1.21 bits per heavy atom. The summed E-state index contributed by atoms with van der Waals surface area (Å²) in [5.74, 6) is 0.954. The minimum atomic E-state index is -0.377. The largest absolute Gasteiger partial charge is 0.379 e. The summed E-state index contributed by atoms with van der Waals surface area (Å²) in [4.78, 5) is 35.7. The summed E-state index contributed by atoms with van der Waals surface area (Å²) < 4.78 is 5.52. The Morgan fingerprint density at radius 3 is 2.82 bits per heavy atom. The van der Waals surface area contributed by atoms with Crippen molar-refractivity contribution in [1.29, 1.82) is 0 Å². The van der Waals surface area contributed by atoms with Gasteiger partial charge in [-0.05, 0) is 50.3 Å². The van der Waals surface area contributed by atoms with Gasteiger partial charge in [0.05, 0.1) is 36.1 Å². The second-order valence-corrected chi connectivity index (χ2v) is 9.11. The number of benzene rings is 1. The normalized spacial score (nSPS) is 27.6. The van der Waals surface area contributed by atoms with E-state index in [0.717, 1.165) is 65.1 Å². The maximum atomic E-state index is 13.5. The predicted octanol–water partition coefficient (Wildman–Crippen LogP) is 1.86. The number of ether oxygens (including phenoxy) is 1. The van der Waals surface area contributed by atoms with Crippen LogP contribution in [0.5, 0.6) is 0 Å². The van der Waals surface area contributed by atoms with Crippen molar-refractivity contribution in [3.05, 3.63) is 40.4 Å². The van der Waals surface area contributed by atoms with Crippen molar-refractivity contribution >= 4 is 41.6 Å². The highest BCUT2D eigenvalue weighted by molar-refractivity contribution is 5.85. The molecule has 1 saturated carbocycles. The molecule has 2 saturated heterocycles. The Hall–Kier alpha value is -1.71. The number of hydrogen-bond donors (Lipinski definition) is 3. The van der Waals surface area contributed by atoms with Gasteiger partial charge >= 0.3 is 0 Å². The number of fused-ring (bicyclic) bond motifs is 2. The summed E-state index contributed by atoms with van der Waals surface area (Å²) in [5.41, 5.74) is 0.103. The van der Waals surface area contributed by atoms with E-state index in [4.69, 9.17) is 4.74 Å². The molecule has 0 spiro atoms. The van der Waals surface area contributed by atoms with Gasteiger partial charge in [-0.1, -0.05) is 12.1 Å². The lowest BCUT2D eigenvalue weighted by atomic mass is 9.61. The Kier molecular flexibility index (Phi) is 8.75. The summed E-state index contributed by atoms with van der Waals surface area (Å²) in [6, 6.07) is 7.81. The van der Waals surface area contributed by atoms with E-state index < -0.39 is 0 Å². The number of hydrogen-bond acceptors (Lipinski definition) is 6. The lowest BCUT2D eigenvalue weighted by molar-refractivity contribution is -0.140. The fraction of sp³-hybridized carbons (Fsp3) is 0.609. The van der Waals surface area contributed by atoms with Crippen LogP contribution in [0.3, 0.4) is 0 Å². The SMILES string of the molecule is Cl.Cl.O=C(NCc1nc2ccccc2c(=O)[nH]1)[C@@]12CC[C@H](N3CCOCC3)C[C@H]1CCNC2. The van der Waals surface area contributed by atoms with Crippen molar-refractivity contribution in [1.82, 2.24) is 25.5 Å². The monoisotopic (exact) mass is 497 g/mol. The fourth-order valence-electron chi connectivity index (χ4n) is 5.73. The Labute approximate surface area is 206 Å². The summed E-state index contributed by atoms with van der Waals surface area (Å²) >= 11 is 0. The van der Waals surface area contributed by atoms with Crippen LogP contribution in [0, 0.1) is 11.3 Å². The molecule has 3 fully saturated rings. The van der Waals surface area contributed by atoms with Crippen molar-refractivity contribution in [2.45, 2.75) is 38.3 Å². The molecule has 1 aromatic carbocycles. The number of para-hydroxylation sites is 1. The van der Waals surface area contributed by atoms with Crippen molar-refractivity contribution in [3.63, 3.8) is 0 Å². The lowest BCUT2D eigenvalue weighted by Crippen LogP contribution is -2.60. The van der Waals surface area contributed by atoms with Crippen molar-refractivity contribution in [2.24, 2.45) is 11.3 Å². The number of carbonyl (C=O) groups is 1. The molecular weight excluding hydrogens is 465 g/mol. The number of morpholine rings is 1. The van der Waals surface area contributed by atoms with Gasteiger partial charge in [0, 0.05) is 25.7 Å². The average Bonchev–Trinajstić information content (AvgIpc) is 2.82. The third-order valence-electron chi connectivity index (χ3n) is 7.46. The van der Waals surface area contributed by atoms with Crippen LogP contribution < -0.4 is 16.2 Å². The van der Waals surface area contributed by atoms with Gasteiger partial charge in [0.2, 0.25) is 5.91 Å². The molecule has 1 aromatic heterocycles. The third kappa shape index (κ3) is 5.20. The summed E-state index contributed by atoms with van der Waals surface area (Å²) in [5, 5.41) is 7.13. The van der Waals surface area contributed by atoms with Crippen LogP contribution >= 0.6 is 24.8 Å². The molecule has 1 amide bonds. The quantitative estimate of drug-likeness (QED) is 0.596.